The SMILES string of the molecule is COc1cccc(CN(C)C(C)C(=O)NC(C)c2ccc(F)cc2)c1. The van der Waals surface area contributed by atoms with Crippen molar-refractivity contribution in [2.24, 2.45) is 0 Å². The highest BCUT2D eigenvalue weighted by Gasteiger charge is 2.20. The predicted molar refractivity (Wildman–Crippen MR) is 96.9 cm³/mol. The normalized spacial score (nSPS) is 13.4. The largest absolute Gasteiger partial charge is 0.497 e. The van der Waals surface area contributed by atoms with Crippen LogP contribution in [0.3, 0.4) is 0 Å². The van der Waals surface area contributed by atoms with Gasteiger partial charge in [0.2, 0.25) is 5.91 Å². The molecule has 2 aromatic rings. The molecule has 0 fully saturated rings. The van der Waals surface area contributed by atoms with Crippen molar-refractivity contribution in [2.45, 2.75) is 32.5 Å². The number of hydrogen-bond acceptors (Lipinski definition) is 3. The quantitative estimate of drug-likeness (QED) is 0.835. The van der Waals surface area contributed by atoms with Gasteiger partial charge in [0.15, 0.2) is 0 Å². The molecule has 5 heteroatoms. The summed E-state index contributed by atoms with van der Waals surface area (Å²) in [6.07, 6.45) is 0. The topological polar surface area (TPSA) is 41.6 Å². The van der Waals surface area contributed by atoms with Crippen molar-refractivity contribution < 1.29 is 13.9 Å². The summed E-state index contributed by atoms with van der Waals surface area (Å²) in [5.74, 6) is 0.448. The lowest BCUT2D eigenvalue weighted by Crippen LogP contribution is -2.43. The molecule has 0 saturated carbocycles. The molecule has 0 heterocycles. The summed E-state index contributed by atoms with van der Waals surface area (Å²) in [5.41, 5.74) is 1.95. The zero-order valence-electron chi connectivity index (χ0n) is 15.1. The fourth-order valence-electron chi connectivity index (χ4n) is 2.56. The predicted octanol–water partition coefficient (Wildman–Crippen LogP) is 3.53. The van der Waals surface area contributed by atoms with Gasteiger partial charge < -0.3 is 10.1 Å². The van der Waals surface area contributed by atoms with Gasteiger partial charge in [0, 0.05) is 6.54 Å². The Morgan fingerprint density at radius 3 is 2.52 bits per heavy atom. The highest BCUT2D eigenvalue weighted by Crippen LogP contribution is 2.16. The van der Waals surface area contributed by atoms with Gasteiger partial charge in [-0.15, -0.1) is 0 Å². The highest BCUT2D eigenvalue weighted by atomic mass is 19.1. The van der Waals surface area contributed by atoms with Crippen LogP contribution in [0.2, 0.25) is 0 Å². The molecule has 1 amide bonds. The van der Waals surface area contributed by atoms with Crippen LogP contribution in [0.25, 0.3) is 0 Å². The number of nitrogens with one attached hydrogen (secondary N) is 1. The zero-order valence-corrected chi connectivity index (χ0v) is 15.1. The molecule has 0 bridgehead atoms. The number of benzene rings is 2. The average Bonchev–Trinajstić information content (AvgIpc) is 2.61. The van der Waals surface area contributed by atoms with Crippen molar-refractivity contribution in [3.8, 4) is 5.75 Å². The molecule has 0 spiro atoms. The Morgan fingerprint density at radius 2 is 1.88 bits per heavy atom. The van der Waals surface area contributed by atoms with E-state index in [1.54, 1.807) is 19.2 Å². The zero-order chi connectivity index (χ0) is 18.4. The molecule has 0 aliphatic rings. The Kier molecular flexibility index (Phi) is 6.53. The van der Waals surface area contributed by atoms with Crippen LogP contribution in [0.4, 0.5) is 4.39 Å². The first-order chi connectivity index (χ1) is 11.9. The standard InChI is InChI=1S/C20H25FN2O2/c1-14(17-8-10-18(21)11-9-17)22-20(24)15(2)23(3)13-16-6-5-7-19(12-16)25-4/h5-12,14-15H,13H2,1-4H3,(H,22,24). The molecular weight excluding hydrogens is 319 g/mol. The van der Waals surface area contributed by atoms with Crippen molar-refractivity contribution in [3.05, 3.63) is 65.5 Å². The minimum atomic E-state index is -0.297. The van der Waals surface area contributed by atoms with Crippen LogP contribution in [-0.2, 0) is 11.3 Å². The van der Waals surface area contributed by atoms with E-state index in [1.807, 2.05) is 50.1 Å². The van der Waals surface area contributed by atoms with Gasteiger partial charge in [-0.1, -0.05) is 24.3 Å². The van der Waals surface area contributed by atoms with E-state index in [9.17, 15) is 9.18 Å². The Morgan fingerprint density at radius 1 is 1.20 bits per heavy atom. The number of rotatable bonds is 7. The van der Waals surface area contributed by atoms with Crippen molar-refractivity contribution >= 4 is 5.91 Å². The molecule has 0 aliphatic carbocycles. The molecule has 2 unspecified atom stereocenters. The maximum atomic E-state index is 13.0. The Labute approximate surface area is 148 Å². The Bertz CT molecular complexity index is 703. The third kappa shape index (κ3) is 5.29. The van der Waals surface area contributed by atoms with Crippen LogP contribution in [0.15, 0.2) is 48.5 Å². The maximum Gasteiger partial charge on any atom is 0.237 e. The second-order valence-corrected chi connectivity index (χ2v) is 6.22. The second kappa shape index (κ2) is 8.62. The number of ether oxygens (including phenoxy) is 1. The van der Waals surface area contributed by atoms with E-state index >= 15 is 0 Å². The number of nitrogens with zero attached hydrogens (tertiary/aromatic N) is 1. The van der Waals surface area contributed by atoms with Crippen LogP contribution in [0, 0.1) is 5.82 Å². The molecular formula is C20H25FN2O2. The van der Waals surface area contributed by atoms with Crippen LogP contribution in [0.1, 0.15) is 31.0 Å². The fourth-order valence-corrected chi connectivity index (χ4v) is 2.56. The number of hydrogen-bond donors (Lipinski definition) is 1. The second-order valence-electron chi connectivity index (χ2n) is 6.22. The van der Waals surface area contributed by atoms with E-state index in [1.165, 1.54) is 12.1 Å². The molecule has 0 aliphatic heterocycles. The van der Waals surface area contributed by atoms with Gasteiger partial charge in [-0.25, -0.2) is 4.39 Å². The van der Waals surface area contributed by atoms with E-state index < -0.39 is 0 Å². The smallest absolute Gasteiger partial charge is 0.237 e. The summed E-state index contributed by atoms with van der Waals surface area (Å²) in [5, 5.41) is 2.98. The molecule has 4 nitrogen and oxygen atoms in total. The fraction of sp³-hybridized carbons (Fsp3) is 0.350. The molecule has 2 atom stereocenters. The van der Waals surface area contributed by atoms with Crippen molar-refractivity contribution in [2.75, 3.05) is 14.2 Å². The van der Waals surface area contributed by atoms with Crippen LogP contribution in [-0.4, -0.2) is 31.0 Å². The van der Waals surface area contributed by atoms with E-state index in [0.717, 1.165) is 16.9 Å². The number of likely N-dealkylation sites (N-methyl/N-ethyl adjacent to an activating group) is 1. The number of amides is 1. The lowest BCUT2D eigenvalue weighted by molar-refractivity contribution is -0.126. The first kappa shape index (κ1) is 18.9. The number of methoxy groups -OCH3 is 1. The third-order valence-corrected chi connectivity index (χ3v) is 4.34. The molecule has 2 rings (SSSR count). The van der Waals surface area contributed by atoms with Gasteiger partial charge in [0.25, 0.3) is 0 Å². The van der Waals surface area contributed by atoms with Gasteiger partial charge in [0.05, 0.1) is 19.2 Å². The molecule has 0 saturated heterocycles. The minimum Gasteiger partial charge on any atom is -0.497 e. The van der Waals surface area contributed by atoms with Crippen LogP contribution >= 0.6 is 0 Å². The van der Waals surface area contributed by atoms with Gasteiger partial charge in [-0.2, -0.15) is 0 Å². The van der Waals surface area contributed by atoms with Gasteiger partial charge in [0.1, 0.15) is 11.6 Å². The minimum absolute atomic E-state index is 0.0674. The Hall–Kier alpha value is -2.40. The first-order valence-electron chi connectivity index (χ1n) is 8.29. The average molecular weight is 344 g/mol. The molecule has 0 radical (unpaired) electrons. The summed E-state index contributed by atoms with van der Waals surface area (Å²) in [7, 11) is 3.54. The summed E-state index contributed by atoms with van der Waals surface area (Å²) in [4.78, 5) is 14.5. The number of carbonyl (C=O) groups excluding carboxylic acids is 1. The maximum absolute atomic E-state index is 13.0. The molecule has 1 N–H and O–H groups in total. The van der Waals surface area contributed by atoms with Gasteiger partial charge in [-0.05, 0) is 56.3 Å². The molecule has 0 aromatic heterocycles. The summed E-state index contributed by atoms with van der Waals surface area (Å²) in [6, 6.07) is 13.5. The van der Waals surface area contributed by atoms with Gasteiger partial charge in [-0.3, -0.25) is 9.69 Å². The monoisotopic (exact) mass is 344 g/mol. The third-order valence-electron chi connectivity index (χ3n) is 4.34. The van der Waals surface area contributed by atoms with E-state index in [0.29, 0.717) is 6.54 Å². The first-order valence-corrected chi connectivity index (χ1v) is 8.29. The highest BCUT2D eigenvalue weighted by molar-refractivity contribution is 5.81. The van der Waals surface area contributed by atoms with Crippen molar-refractivity contribution in [1.29, 1.82) is 0 Å². The lowest BCUT2D eigenvalue weighted by atomic mass is 10.1. The number of halogens is 1. The molecule has 134 valence electrons. The van der Waals surface area contributed by atoms with E-state index in [2.05, 4.69) is 5.32 Å². The lowest BCUT2D eigenvalue weighted by Gasteiger charge is -2.26. The van der Waals surface area contributed by atoms with E-state index in [4.69, 9.17) is 4.74 Å². The van der Waals surface area contributed by atoms with E-state index in [-0.39, 0.29) is 23.8 Å². The summed E-state index contributed by atoms with van der Waals surface area (Å²) in [6.45, 7) is 4.39. The Balaban J connectivity index is 1.94. The molecule has 25 heavy (non-hydrogen) atoms. The molecule has 2 aromatic carbocycles. The van der Waals surface area contributed by atoms with Crippen molar-refractivity contribution in [3.63, 3.8) is 0 Å². The van der Waals surface area contributed by atoms with Crippen molar-refractivity contribution in [1.82, 2.24) is 10.2 Å². The van der Waals surface area contributed by atoms with Gasteiger partial charge >= 0.3 is 0 Å². The summed E-state index contributed by atoms with van der Waals surface area (Å²) < 4.78 is 18.2. The van der Waals surface area contributed by atoms with Crippen LogP contribution in [0.5, 0.6) is 5.75 Å². The summed E-state index contributed by atoms with van der Waals surface area (Å²) >= 11 is 0. The van der Waals surface area contributed by atoms with Crippen LogP contribution < -0.4 is 10.1 Å². The number of carbonyl (C=O) groups is 1.